The number of ether oxygens (including phenoxy) is 1. The van der Waals surface area contributed by atoms with Crippen LogP contribution in [-0.2, 0) is 13.2 Å². The van der Waals surface area contributed by atoms with Crippen LogP contribution in [0.4, 0.5) is 0 Å². The lowest BCUT2D eigenvalue weighted by Gasteiger charge is -2.24. The summed E-state index contributed by atoms with van der Waals surface area (Å²) in [6, 6.07) is 13.6. The SMILES string of the molecule is CCC(C)(C)NCc1ccc(OCc2ccc(Cl)cc2Cl)cc1. The highest BCUT2D eigenvalue weighted by atomic mass is 35.5. The molecule has 0 aromatic heterocycles. The molecule has 0 unspecified atom stereocenters. The molecule has 0 heterocycles. The standard InChI is InChI=1S/C19H23Cl2NO/c1-4-19(2,3)22-12-14-5-9-17(10-6-14)23-13-15-7-8-16(20)11-18(15)21/h5-11,22H,4,12-13H2,1-3H3. The van der Waals surface area contributed by atoms with Gasteiger partial charge in [-0.3, -0.25) is 0 Å². The summed E-state index contributed by atoms with van der Waals surface area (Å²) in [7, 11) is 0. The molecule has 0 atom stereocenters. The van der Waals surface area contributed by atoms with Crippen molar-refractivity contribution < 1.29 is 4.74 Å². The third-order valence-electron chi connectivity index (χ3n) is 3.99. The first-order valence-electron chi connectivity index (χ1n) is 7.80. The van der Waals surface area contributed by atoms with Gasteiger partial charge in [-0.2, -0.15) is 0 Å². The second-order valence-electron chi connectivity index (χ2n) is 6.26. The topological polar surface area (TPSA) is 21.3 Å². The third kappa shape index (κ3) is 5.72. The van der Waals surface area contributed by atoms with Crippen LogP contribution >= 0.6 is 23.2 Å². The van der Waals surface area contributed by atoms with Crippen molar-refractivity contribution in [2.75, 3.05) is 0 Å². The molecule has 0 bridgehead atoms. The van der Waals surface area contributed by atoms with Gasteiger partial charge in [0.25, 0.3) is 0 Å². The summed E-state index contributed by atoms with van der Waals surface area (Å²) in [5.74, 6) is 0.828. The van der Waals surface area contributed by atoms with E-state index in [4.69, 9.17) is 27.9 Å². The first kappa shape index (κ1) is 18.1. The fourth-order valence-corrected chi connectivity index (χ4v) is 2.43. The number of hydrogen-bond acceptors (Lipinski definition) is 2. The number of halogens is 2. The van der Waals surface area contributed by atoms with Crippen LogP contribution in [-0.4, -0.2) is 5.54 Å². The average molecular weight is 352 g/mol. The lowest BCUT2D eigenvalue weighted by molar-refractivity contribution is 0.306. The highest BCUT2D eigenvalue weighted by molar-refractivity contribution is 6.35. The third-order valence-corrected chi connectivity index (χ3v) is 4.57. The van der Waals surface area contributed by atoms with E-state index in [1.54, 1.807) is 6.07 Å². The molecule has 23 heavy (non-hydrogen) atoms. The molecule has 0 fully saturated rings. The molecule has 0 amide bonds. The summed E-state index contributed by atoms with van der Waals surface area (Å²) in [5, 5.41) is 4.80. The highest BCUT2D eigenvalue weighted by Gasteiger charge is 2.13. The lowest BCUT2D eigenvalue weighted by Crippen LogP contribution is -2.37. The zero-order valence-electron chi connectivity index (χ0n) is 13.8. The normalized spacial score (nSPS) is 11.5. The molecular weight excluding hydrogens is 329 g/mol. The summed E-state index contributed by atoms with van der Waals surface area (Å²) in [4.78, 5) is 0. The van der Waals surface area contributed by atoms with Gasteiger partial charge in [0, 0.05) is 27.7 Å². The van der Waals surface area contributed by atoms with Gasteiger partial charge in [-0.05, 0) is 50.1 Å². The fourth-order valence-electron chi connectivity index (χ4n) is 1.97. The largest absolute Gasteiger partial charge is 0.489 e. The summed E-state index contributed by atoms with van der Waals surface area (Å²) in [5.41, 5.74) is 2.32. The summed E-state index contributed by atoms with van der Waals surface area (Å²) >= 11 is 12.0. The van der Waals surface area contributed by atoms with Crippen LogP contribution in [0.25, 0.3) is 0 Å². The Morgan fingerprint density at radius 3 is 2.35 bits per heavy atom. The van der Waals surface area contributed by atoms with Gasteiger partial charge in [-0.1, -0.05) is 48.3 Å². The minimum absolute atomic E-state index is 0.153. The Bertz CT molecular complexity index is 638. The number of hydrogen-bond donors (Lipinski definition) is 1. The lowest BCUT2D eigenvalue weighted by atomic mass is 10.0. The molecule has 0 spiro atoms. The van der Waals surface area contributed by atoms with Gasteiger partial charge in [0.05, 0.1) is 0 Å². The van der Waals surface area contributed by atoms with Crippen molar-refractivity contribution >= 4 is 23.2 Å². The van der Waals surface area contributed by atoms with Crippen molar-refractivity contribution in [2.45, 2.75) is 45.9 Å². The van der Waals surface area contributed by atoms with Crippen LogP contribution in [0.15, 0.2) is 42.5 Å². The zero-order valence-corrected chi connectivity index (χ0v) is 15.3. The van der Waals surface area contributed by atoms with Gasteiger partial charge >= 0.3 is 0 Å². The van der Waals surface area contributed by atoms with Crippen LogP contribution in [0.1, 0.15) is 38.3 Å². The van der Waals surface area contributed by atoms with Crippen LogP contribution in [0.5, 0.6) is 5.75 Å². The van der Waals surface area contributed by atoms with Crippen molar-refractivity contribution in [2.24, 2.45) is 0 Å². The Balaban J connectivity index is 1.90. The maximum Gasteiger partial charge on any atom is 0.119 e. The van der Waals surface area contributed by atoms with E-state index >= 15 is 0 Å². The van der Waals surface area contributed by atoms with Crippen molar-refractivity contribution in [1.82, 2.24) is 5.32 Å². The Morgan fingerprint density at radius 2 is 1.74 bits per heavy atom. The highest BCUT2D eigenvalue weighted by Crippen LogP contribution is 2.23. The molecule has 0 aliphatic rings. The van der Waals surface area contributed by atoms with Gasteiger partial charge in [-0.15, -0.1) is 0 Å². The van der Waals surface area contributed by atoms with Crippen molar-refractivity contribution in [3.63, 3.8) is 0 Å². The molecule has 2 aromatic rings. The summed E-state index contributed by atoms with van der Waals surface area (Å²) in [6.45, 7) is 7.88. The number of rotatable bonds is 7. The van der Waals surface area contributed by atoms with Crippen LogP contribution in [0.3, 0.4) is 0 Å². The predicted molar refractivity (Wildman–Crippen MR) is 98.4 cm³/mol. The van der Waals surface area contributed by atoms with E-state index in [1.165, 1.54) is 5.56 Å². The minimum Gasteiger partial charge on any atom is -0.489 e. The van der Waals surface area contributed by atoms with Gasteiger partial charge in [0.15, 0.2) is 0 Å². The molecule has 0 saturated heterocycles. The fraction of sp³-hybridized carbons (Fsp3) is 0.368. The van der Waals surface area contributed by atoms with E-state index in [1.807, 2.05) is 24.3 Å². The van der Waals surface area contributed by atoms with Gasteiger partial charge < -0.3 is 10.1 Å². The van der Waals surface area contributed by atoms with Crippen LogP contribution in [0.2, 0.25) is 10.0 Å². The quantitative estimate of drug-likeness (QED) is 0.675. The molecule has 4 heteroatoms. The van der Waals surface area contributed by atoms with Crippen molar-refractivity contribution in [3.8, 4) is 5.75 Å². The van der Waals surface area contributed by atoms with E-state index in [-0.39, 0.29) is 5.54 Å². The van der Waals surface area contributed by atoms with Crippen LogP contribution < -0.4 is 10.1 Å². The van der Waals surface area contributed by atoms with Gasteiger partial charge in [0.2, 0.25) is 0 Å². The van der Waals surface area contributed by atoms with Crippen LogP contribution in [0, 0.1) is 0 Å². The molecule has 2 aromatic carbocycles. The van der Waals surface area contributed by atoms with Crippen molar-refractivity contribution in [3.05, 3.63) is 63.6 Å². The van der Waals surface area contributed by atoms with E-state index in [2.05, 4.69) is 38.2 Å². The zero-order chi connectivity index (χ0) is 16.9. The molecule has 0 saturated carbocycles. The molecule has 0 radical (unpaired) electrons. The second kappa shape index (κ2) is 8.05. The molecule has 124 valence electrons. The maximum atomic E-state index is 6.15. The minimum atomic E-state index is 0.153. The first-order valence-corrected chi connectivity index (χ1v) is 8.56. The average Bonchev–Trinajstić information content (AvgIpc) is 2.53. The number of benzene rings is 2. The summed E-state index contributed by atoms with van der Waals surface area (Å²) < 4.78 is 5.79. The van der Waals surface area contributed by atoms with E-state index in [0.29, 0.717) is 16.7 Å². The van der Waals surface area contributed by atoms with Gasteiger partial charge in [-0.25, -0.2) is 0 Å². The smallest absolute Gasteiger partial charge is 0.119 e. The van der Waals surface area contributed by atoms with E-state index in [0.717, 1.165) is 24.3 Å². The maximum absolute atomic E-state index is 6.15. The molecule has 2 rings (SSSR count). The monoisotopic (exact) mass is 351 g/mol. The Kier molecular flexibility index (Phi) is 6.34. The molecule has 1 N–H and O–H groups in total. The first-order chi connectivity index (χ1) is 10.9. The molecular formula is C19H23Cl2NO. The molecule has 0 aliphatic heterocycles. The molecule has 2 nitrogen and oxygen atoms in total. The Hall–Kier alpha value is -1.22. The second-order valence-corrected chi connectivity index (χ2v) is 7.10. The predicted octanol–water partition coefficient (Wildman–Crippen LogP) is 5.85. The van der Waals surface area contributed by atoms with E-state index in [9.17, 15) is 0 Å². The van der Waals surface area contributed by atoms with Crippen molar-refractivity contribution in [1.29, 1.82) is 0 Å². The number of nitrogens with one attached hydrogen (secondary N) is 1. The Morgan fingerprint density at radius 1 is 1.04 bits per heavy atom. The molecule has 0 aliphatic carbocycles. The Labute approximate surface area is 148 Å². The van der Waals surface area contributed by atoms with Gasteiger partial charge in [0.1, 0.15) is 12.4 Å². The summed E-state index contributed by atoms with van der Waals surface area (Å²) in [6.07, 6.45) is 1.09. The van der Waals surface area contributed by atoms with E-state index < -0.39 is 0 Å².